The number of aryl methyl sites for hydroxylation is 1. The highest BCUT2D eigenvalue weighted by Gasteiger charge is 2.21. The van der Waals surface area contributed by atoms with Crippen LogP contribution in [0, 0.1) is 5.82 Å². The van der Waals surface area contributed by atoms with Crippen molar-refractivity contribution >= 4 is 23.2 Å². The van der Waals surface area contributed by atoms with Crippen molar-refractivity contribution in [1.29, 1.82) is 0 Å². The van der Waals surface area contributed by atoms with E-state index in [1.54, 1.807) is 6.07 Å². The maximum Gasteiger partial charge on any atom is 0.238 e. The third-order valence-corrected chi connectivity index (χ3v) is 5.44. The summed E-state index contributed by atoms with van der Waals surface area (Å²) in [5, 5.41) is 5.35. The molecule has 4 rings (SSSR count). The molecule has 2 amide bonds. The van der Waals surface area contributed by atoms with Gasteiger partial charge in [0.2, 0.25) is 11.8 Å². The fraction of sp³-hybridized carbons (Fsp3) is 0.364. The lowest BCUT2D eigenvalue weighted by Gasteiger charge is -2.34. The Balaban J connectivity index is 1.28. The van der Waals surface area contributed by atoms with Gasteiger partial charge in [-0.15, -0.1) is 0 Å². The van der Waals surface area contributed by atoms with Crippen LogP contribution in [-0.4, -0.2) is 54.3 Å². The van der Waals surface area contributed by atoms with E-state index in [0.29, 0.717) is 18.5 Å². The number of hydrogen-bond acceptors (Lipinski definition) is 4. The summed E-state index contributed by atoms with van der Waals surface area (Å²) in [5.41, 5.74) is 2.80. The minimum absolute atomic E-state index is 0.111. The van der Waals surface area contributed by atoms with E-state index in [2.05, 4.69) is 32.6 Å². The molecule has 1 fully saturated rings. The Bertz CT molecular complexity index is 895. The number of piperazine rings is 1. The molecule has 2 aromatic carbocycles. The Labute approximate surface area is 169 Å². The lowest BCUT2D eigenvalue weighted by atomic mass is 10.0. The van der Waals surface area contributed by atoms with E-state index in [1.807, 2.05) is 18.2 Å². The largest absolute Gasteiger partial charge is 0.326 e. The molecule has 2 aliphatic rings. The van der Waals surface area contributed by atoms with Crippen LogP contribution in [0.3, 0.4) is 0 Å². The van der Waals surface area contributed by atoms with Gasteiger partial charge in [0.05, 0.1) is 12.2 Å². The highest BCUT2D eigenvalue weighted by molar-refractivity contribution is 5.96. The van der Waals surface area contributed by atoms with Gasteiger partial charge in [0.1, 0.15) is 5.82 Å². The highest BCUT2D eigenvalue weighted by atomic mass is 19.1. The lowest BCUT2D eigenvalue weighted by molar-refractivity contribution is -0.118. The van der Waals surface area contributed by atoms with Gasteiger partial charge in [-0.3, -0.25) is 19.4 Å². The fourth-order valence-electron chi connectivity index (χ4n) is 3.84. The van der Waals surface area contributed by atoms with Crippen LogP contribution in [0.4, 0.5) is 15.8 Å². The Morgan fingerprint density at radius 1 is 1.03 bits per heavy atom. The van der Waals surface area contributed by atoms with Crippen LogP contribution in [0.5, 0.6) is 0 Å². The first-order chi connectivity index (χ1) is 14.1. The summed E-state index contributed by atoms with van der Waals surface area (Å²) in [5.74, 6) is -0.868. The minimum atomic E-state index is -0.535. The predicted molar refractivity (Wildman–Crippen MR) is 110 cm³/mol. The molecule has 0 atom stereocenters. The van der Waals surface area contributed by atoms with Crippen molar-refractivity contribution in [3.63, 3.8) is 0 Å². The summed E-state index contributed by atoms with van der Waals surface area (Å²) in [6.07, 6.45) is 0.924. The zero-order chi connectivity index (χ0) is 20.2. The second-order valence-corrected chi connectivity index (χ2v) is 7.62. The van der Waals surface area contributed by atoms with Gasteiger partial charge in [0.15, 0.2) is 0 Å². The van der Waals surface area contributed by atoms with E-state index >= 15 is 0 Å². The van der Waals surface area contributed by atoms with E-state index in [-0.39, 0.29) is 24.0 Å². The molecule has 0 spiro atoms. The molecule has 2 aromatic rings. The number of carbonyl (C=O) groups is 2. The van der Waals surface area contributed by atoms with Crippen molar-refractivity contribution in [1.82, 2.24) is 9.80 Å². The fourth-order valence-corrected chi connectivity index (χ4v) is 3.84. The van der Waals surface area contributed by atoms with E-state index in [1.165, 1.54) is 11.6 Å². The molecule has 7 heteroatoms. The van der Waals surface area contributed by atoms with Crippen LogP contribution >= 0.6 is 0 Å². The van der Waals surface area contributed by atoms with Gasteiger partial charge in [-0.1, -0.05) is 30.3 Å². The van der Waals surface area contributed by atoms with Crippen LogP contribution in [0.15, 0.2) is 42.5 Å². The van der Waals surface area contributed by atoms with Crippen LogP contribution in [0.2, 0.25) is 0 Å². The van der Waals surface area contributed by atoms with Crippen molar-refractivity contribution in [2.24, 2.45) is 0 Å². The van der Waals surface area contributed by atoms with Gasteiger partial charge >= 0.3 is 0 Å². The Morgan fingerprint density at radius 3 is 2.52 bits per heavy atom. The monoisotopic (exact) mass is 396 g/mol. The number of anilines is 2. The van der Waals surface area contributed by atoms with E-state index in [4.69, 9.17) is 0 Å². The van der Waals surface area contributed by atoms with E-state index < -0.39 is 5.82 Å². The van der Waals surface area contributed by atoms with Crippen molar-refractivity contribution < 1.29 is 14.0 Å². The standard InChI is InChI=1S/C22H25FN4O2/c23-18-13-19-17(6-7-21(28)24-19)12-20(18)25-22(29)15-27-10-8-26(9-11-27)14-16-4-2-1-3-5-16/h1-5,12-13H,6-11,14-15H2,(H,24,28)(H,25,29). The van der Waals surface area contributed by atoms with Crippen LogP contribution in [-0.2, 0) is 22.6 Å². The first-order valence-electron chi connectivity index (χ1n) is 9.97. The first-order valence-corrected chi connectivity index (χ1v) is 9.97. The van der Waals surface area contributed by atoms with Crippen molar-refractivity contribution in [2.45, 2.75) is 19.4 Å². The number of nitrogens with zero attached hydrogens (tertiary/aromatic N) is 2. The number of hydrogen-bond donors (Lipinski definition) is 2. The summed E-state index contributed by atoms with van der Waals surface area (Å²) < 4.78 is 14.3. The van der Waals surface area contributed by atoms with Crippen molar-refractivity contribution in [3.8, 4) is 0 Å². The zero-order valence-electron chi connectivity index (χ0n) is 16.3. The molecule has 0 bridgehead atoms. The highest BCUT2D eigenvalue weighted by Crippen LogP contribution is 2.28. The third kappa shape index (κ3) is 4.99. The average molecular weight is 396 g/mol. The topological polar surface area (TPSA) is 64.7 Å². The third-order valence-electron chi connectivity index (χ3n) is 5.44. The summed E-state index contributed by atoms with van der Waals surface area (Å²) in [7, 11) is 0. The van der Waals surface area contributed by atoms with Crippen molar-refractivity contribution in [3.05, 3.63) is 59.4 Å². The molecule has 152 valence electrons. The normalized spacial score (nSPS) is 17.5. The van der Waals surface area contributed by atoms with E-state index in [0.717, 1.165) is 38.3 Å². The Kier molecular flexibility index (Phi) is 5.87. The van der Waals surface area contributed by atoms with Crippen LogP contribution in [0.25, 0.3) is 0 Å². The number of amides is 2. The van der Waals surface area contributed by atoms with Crippen molar-refractivity contribution in [2.75, 3.05) is 43.4 Å². The summed E-state index contributed by atoms with van der Waals surface area (Å²) in [4.78, 5) is 28.3. The lowest BCUT2D eigenvalue weighted by Crippen LogP contribution is -2.48. The molecule has 0 unspecified atom stereocenters. The number of nitrogens with one attached hydrogen (secondary N) is 2. The molecule has 29 heavy (non-hydrogen) atoms. The molecule has 2 N–H and O–H groups in total. The minimum Gasteiger partial charge on any atom is -0.326 e. The maximum atomic E-state index is 14.3. The molecule has 6 nitrogen and oxygen atoms in total. The Hall–Kier alpha value is -2.77. The molecule has 2 aliphatic heterocycles. The average Bonchev–Trinajstić information content (AvgIpc) is 2.71. The van der Waals surface area contributed by atoms with Gasteiger partial charge in [-0.25, -0.2) is 4.39 Å². The smallest absolute Gasteiger partial charge is 0.238 e. The predicted octanol–water partition coefficient (Wildman–Crippen LogP) is 2.47. The first kappa shape index (κ1) is 19.5. The van der Waals surface area contributed by atoms with Gasteiger partial charge in [-0.05, 0) is 29.7 Å². The Morgan fingerprint density at radius 2 is 1.76 bits per heavy atom. The van der Waals surface area contributed by atoms with Crippen LogP contribution in [0.1, 0.15) is 17.5 Å². The second kappa shape index (κ2) is 8.71. The molecule has 0 radical (unpaired) electrons. The number of carbonyl (C=O) groups excluding carboxylic acids is 2. The maximum absolute atomic E-state index is 14.3. The second-order valence-electron chi connectivity index (χ2n) is 7.62. The zero-order valence-corrected chi connectivity index (χ0v) is 16.3. The summed E-state index contributed by atoms with van der Waals surface area (Å²) >= 11 is 0. The number of fused-ring (bicyclic) bond motifs is 1. The molecule has 1 saturated heterocycles. The molecular formula is C22H25FN4O2. The van der Waals surface area contributed by atoms with Gasteiger partial charge in [0, 0.05) is 44.8 Å². The number of halogens is 1. The van der Waals surface area contributed by atoms with E-state index in [9.17, 15) is 14.0 Å². The number of rotatable bonds is 5. The molecule has 0 aliphatic carbocycles. The van der Waals surface area contributed by atoms with Crippen LogP contribution < -0.4 is 10.6 Å². The molecular weight excluding hydrogens is 371 g/mol. The molecule has 2 heterocycles. The van der Waals surface area contributed by atoms with Gasteiger partial charge < -0.3 is 10.6 Å². The molecule has 0 saturated carbocycles. The molecule has 0 aromatic heterocycles. The number of benzene rings is 2. The van der Waals surface area contributed by atoms with Gasteiger partial charge in [0.25, 0.3) is 0 Å². The quantitative estimate of drug-likeness (QED) is 0.815. The SMILES string of the molecule is O=C(CN1CCN(Cc2ccccc2)CC1)Nc1cc2c(cc1F)NC(=O)CC2. The summed E-state index contributed by atoms with van der Waals surface area (Å²) in [6, 6.07) is 13.3. The summed E-state index contributed by atoms with van der Waals surface area (Å²) in [6.45, 7) is 4.56. The van der Waals surface area contributed by atoms with Gasteiger partial charge in [-0.2, -0.15) is 0 Å².